The van der Waals surface area contributed by atoms with Gasteiger partial charge in [0.2, 0.25) is 11.8 Å². The monoisotopic (exact) mass is 603 g/mol. The summed E-state index contributed by atoms with van der Waals surface area (Å²) in [6.07, 6.45) is 0.697. The molecule has 3 aromatic carbocycles. The van der Waals surface area contributed by atoms with Crippen molar-refractivity contribution in [3.8, 4) is 5.75 Å². The van der Waals surface area contributed by atoms with Crippen LogP contribution in [0.4, 0.5) is 10.1 Å². The minimum atomic E-state index is -4.32. The summed E-state index contributed by atoms with van der Waals surface area (Å²) in [6.45, 7) is 7.03. The zero-order valence-corrected chi connectivity index (χ0v) is 25.1. The Balaban J connectivity index is 2.03. The van der Waals surface area contributed by atoms with Gasteiger partial charge in [-0.25, -0.2) is 12.8 Å². The fourth-order valence-electron chi connectivity index (χ4n) is 4.02. The van der Waals surface area contributed by atoms with Gasteiger partial charge in [0.05, 0.1) is 17.2 Å². The van der Waals surface area contributed by atoms with Crippen molar-refractivity contribution in [1.82, 2.24) is 10.2 Å². The van der Waals surface area contributed by atoms with Crippen LogP contribution >= 0.6 is 11.6 Å². The van der Waals surface area contributed by atoms with Crippen LogP contribution in [0, 0.1) is 5.82 Å². The summed E-state index contributed by atoms with van der Waals surface area (Å²) >= 11 is 6.17. The molecule has 3 aromatic rings. The van der Waals surface area contributed by atoms with Gasteiger partial charge in [-0.3, -0.25) is 13.9 Å². The van der Waals surface area contributed by atoms with Gasteiger partial charge in [0.25, 0.3) is 10.0 Å². The molecule has 0 bridgehead atoms. The summed E-state index contributed by atoms with van der Waals surface area (Å²) in [6, 6.07) is 16.4. The molecule has 0 heterocycles. The first kappa shape index (κ1) is 31.9. The molecule has 11 heteroatoms. The number of nitrogens with one attached hydrogen (secondary N) is 1. The summed E-state index contributed by atoms with van der Waals surface area (Å²) < 4.78 is 47.7. The van der Waals surface area contributed by atoms with Crippen LogP contribution in [0.3, 0.4) is 0 Å². The number of amides is 2. The summed E-state index contributed by atoms with van der Waals surface area (Å²) in [7, 11) is -4.32. The predicted octanol–water partition coefficient (Wildman–Crippen LogP) is 5.41. The summed E-state index contributed by atoms with van der Waals surface area (Å²) in [4.78, 5) is 28.2. The Bertz CT molecular complexity index is 1440. The first-order chi connectivity index (χ1) is 19.5. The van der Waals surface area contributed by atoms with Crippen LogP contribution < -0.4 is 14.4 Å². The van der Waals surface area contributed by atoms with Crippen molar-refractivity contribution in [2.45, 2.75) is 57.6 Å². The van der Waals surface area contributed by atoms with Crippen LogP contribution in [0.5, 0.6) is 5.75 Å². The molecule has 0 saturated carbocycles. The van der Waals surface area contributed by atoms with Crippen molar-refractivity contribution in [3.05, 3.63) is 89.2 Å². The van der Waals surface area contributed by atoms with E-state index in [0.29, 0.717) is 29.4 Å². The molecule has 8 nitrogen and oxygen atoms in total. The third kappa shape index (κ3) is 8.43. The fourth-order valence-corrected chi connectivity index (χ4v) is 5.65. The first-order valence-electron chi connectivity index (χ1n) is 13.3. The summed E-state index contributed by atoms with van der Waals surface area (Å²) in [5, 5.41) is 3.35. The highest BCUT2D eigenvalue weighted by Crippen LogP contribution is 2.27. The minimum Gasteiger partial charge on any atom is -0.494 e. The van der Waals surface area contributed by atoms with Crippen LogP contribution in [0.1, 0.15) is 39.7 Å². The number of anilines is 1. The number of nitrogens with zero attached hydrogens (tertiary/aromatic N) is 2. The number of ether oxygens (including phenoxy) is 1. The molecule has 41 heavy (non-hydrogen) atoms. The van der Waals surface area contributed by atoms with Crippen molar-refractivity contribution in [1.29, 1.82) is 0 Å². The number of hydrogen-bond donors (Lipinski definition) is 1. The zero-order chi connectivity index (χ0) is 30.2. The molecule has 2 amide bonds. The van der Waals surface area contributed by atoms with E-state index in [4.69, 9.17) is 16.3 Å². The molecule has 0 saturated heterocycles. The molecule has 0 aliphatic carbocycles. The second kappa shape index (κ2) is 14.3. The van der Waals surface area contributed by atoms with E-state index in [9.17, 15) is 22.4 Å². The highest BCUT2D eigenvalue weighted by Gasteiger charge is 2.33. The van der Waals surface area contributed by atoms with E-state index in [1.807, 2.05) is 20.8 Å². The number of benzene rings is 3. The SMILES string of the molecule is CCOc1ccc(N(CC(=O)N(Cc2cccc(Cl)c2)[C@@H](C)C(=O)N[C@H](C)CC)S(=O)(=O)c2ccc(F)cc2)cc1. The molecule has 220 valence electrons. The average Bonchev–Trinajstić information content (AvgIpc) is 2.95. The van der Waals surface area contributed by atoms with Crippen LogP contribution in [0.25, 0.3) is 0 Å². The Morgan fingerprint density at radius 1 is 1.00 bits per heavy atom. The van der Waals surface area contributed by atoms with E-state index in [1.165, 1.54) is 17.0 Å². The molecule has 0 fully saturated rings. The number of carbonyl (C=O) groups excluding carboxylic acids is 2. The standard InChI is InChI=1S/C30H35ClFN3O5S/c1-5-21(3)33-30(37)22(4)34(19-23-8-7-9-24(31)18-23)29(36)20-35(26-12-14-27(15-13-26)40-6-2)41(38,39)28-16-10-25(32)11-17-28/h7-18,21-22H,5-6,19-20H2,1-4H3,(H,33,37)/t21-,22+/m1/s1. The minimum absolute atomic E-state index is 0.0161. The van der Waals surface area contributed by atoms with Gasteiger partial charge >= 0.3 is 0 Å². The fraction of sp³-hybridized carbons (Fsp3) is 0.333. The number of carbonyl (C=O) groups is 2. The Labute approximate surface area is 246 Å². The maximum absolute atomic E-state index is 13.9. The van der Waals surface area contributed by atoms with Crippen LogP contribution in [0.15, 0.2) is 77.7 Å². The second-order valence-electron chi connectivity index (χ2n) is 9.54. The van der Waals surface area contributed by atoms with Crippen LogP contribution in [-0.4, -0.2) is 50.4 Å². The smallest absolute Gasteiger partial charge is 0.264 e. The van der Waals surface area contributed by atoms with Crippen molar-refractivity contribution >= 4 is 39.1 Å². The molecule has 1 N–H and O–H groups in total. The molecule has 0 spiro atoms. The molecule has 0 aromatic heterocycles. The van der Waals surface area contributed by atoms with E-state index in [1.54, 1.807) is 43.3 Å². The van der Waals surface area contributed by atoms with Crippen LogP contribution in [0.2, 0.25) is 5.02 Å². The number of hydrogen-bond acceptors (Lipinski definition) is 5. The van der Waals surface area contributed by atoms with E-state index >= 15 is 0 Å². The van der Waals surface area contributed by atoms with Gasteiger partial charge in [0.15, 0.2) is 0 Å². The molecule has 0 radical (unpaired) electrons. The van der Waals surface area contributed by atoms with E-state index in [2.05, 4.69) is 5.32 Å². The van der Waals surface area contributed by atoms with E-state index < -0.39 is 34.3 Å². The normalized spacial score (nSPS) is 12.7. The van der Waals surface area contributed by atoms with Gasteiger partial charge < -0.3 is 15.0 Å². The topological polar surface area (TPSA) is 96.0 Å². The predicted molar refractivity (Wildman–Crippen MR) is 158 cm³/mol. The largest absolute Gasteiger partial charge is 0.494 e. The summed E-state index contributed by atoms with van der Waals surface area (Å²) in [5.41, 5.74) is 0.869. The Morgan fingerprint density at radius 3 is 2.24 bits per heavy atom. The summed E-state index contributed by atoms with van der Waals surface area (Å²) in [5.74, 6) is -1.05. The molecule has 2 atom stereocenters. The van der Waals surface area contributed by atoms with Crippen molar-refractivity contribution in [3.63, 3.8) is 0 Å². The lowest BCUT2D eigenvalue weighted by atomic mass is 10.1. The average molecular weight is 604 g/mol. The van der Waals surface area contributed by atoms with Gasteiger partial charge in [0, 0.05) is 17.6 Å². The lowest BCUT2D eigenvalue weighted by Crippen LogP contribution is -2.52. The van der Waals surface area contributed by atoms with Gasteiger partial charge in [-0.05, 0) is 93.4 Å². The van der Waals surface area contributed by atoms with E-state index in [-0.39, 0.29) is 29.1 Å². The Kier molecular flexibility index (Phi) is 11.1. The second-order valence-corrected chi connectivity index (χ2v) is 11.8. The van der Waals surface area contributed by atoms with Crippen molar-refractivity contribution in [2.24, 2.45) is 0 Å². The van der Waals surface area contributed by atoms with Gasteiger partial charge in [-0.15, -0.1) is 0 Å². The molecule has 0 unspecified atom stereocenters. The molecule has 0 aliphatic rings. The van der Waals surface area contributed by atoms with Gasteiger partial charge in [-0.1, -0.05) is 30.7 Å². The lowest BCUT2D eigenvalue weighted by molar-refractivity contribution is -0.139. The lowest BCUT2D eigenvalue weighted by Gasteiger charge is -2.32. The molecular weight excluding hydrogens is 569 g/mol. The Hall–Kier alpha value is -3.63. The maximum Gasteiger partial charge on any atom is 0.264 e. The highest BCUT2D eigenvalue weighted by atomic mass is 35.5. The molecule has 3 rings (SSSR count). The van der Waals surface area contributed by atoms with E-state index in [0.717, 1.165) is 28.6 Å². The Morgan fingerprint density at radius 2 is 1.66 bits per heavy atom. The van der Waals surface area contributed by atoms with Crippen LogP contribution in [-0.2, 0) is 26.2 Å². The van der Waals surface area contributed by atoms with Gasteiger partial charge in [-0.2, -0.15) is 0 Å². The number of halogens is 2. The van der Waals surface area contributed by atoms with Crippen molar-refractivity contribution in [2.75, 3.05) is 17.5 Å². The number of rotatable bonds is 13. The zero-order valence-electron chi connectivity index (χ0n) is 23.5. The maximum atomic E-state index is 13.9. The first-order valence-corrected chi connectivity index (χ1v) is 15.1. The van der Waals surface area contributed by atoms with Gasteiger partial charge in [0.1, 0.15) is 24.2 Å². The quantitative estimate of drug-likeness (QED) is 0.282. The number of sulfonamides is 1. The highest BCUT2D eigenvalue weighted by molar-refractivity contribution is 7.92. The molecular formula is C30H35ClFN3O5S. The van der Waals surface area contributed by atoms with Crippen molar-refractivity contribution < 1.29 is 27.1 Å². The molecule has 0 aliphatic heterocycles. The third-order valence-electron chi connectivity index (χ3n) is 6.53. The third-order valence-corrected chi connectivity index (χ3v) is 8.55.